The van der Waals surface area contributed by atoms with Gasteiger partial charge in [0.2, 0.25) is 5.91 Å². The number of hydrogen-bond donors (Lipinski definition) is 1. The minimum absolute atomic E-state index is 0.0244. The predicted octanol–water partition coefficient (Wildman–Crippen LogP) is 1.44. The van der Waals surface area contributed by atoms with E-state index in [1.54, 1.807) is 19.7 Å². The van der Waals surface area contributed by atoms with Crippen molar-refractivity contribution >= 4 is 27.3 Å². The fourth-order valence-electron chi connectivity index (χ4n) is 3.20. The number of rotatable bonds is 5. The first-order valence-corrected chi connectivity index (χ1v) is 8.47. The zero-order valence-electron chi connectivity index (χ0n) is 15.4. The number of carbonyl (C=O) groups is 1. The third kappa shape index (κ3) is 3.68. The van der Waals surface area contributed by atoms with E-state index in [-0.39, 0.29) is 11.2 Å². The second-order valence-electron chi connectivity index (χ2n) is 8.22. The molecule has 1 N–H and O–H groups in total. The van der Waals surface area contributed by atoms with E-state index < -0.39 is 11.1 Å². The van der Waals surface area contributed by atoms with Crippen LogP contribution in [0.5, 0.6) is 0 Å². The summed E-state index contributed by atoms with van der Waals surface area (Å²) in [4.78, 5) is 13.6. The number of carbonyl (C=O) groups excluding carboxylic acids is 1. The molecule has 1 aliphatic heterocycles. The van der Waals surface area contributed by atoms with Crippen molar-refractivity contribution in [1.29, 1.82) is 0 Å². The van der Waals surface area contributed by atoms with Crippen LogP contribution in [0.25, 0.3) is 0 Å². The molecule has 0 saturated carbocycles. The summed E-state index contributed by atoms with van der Waals surface area (Å²) in [7, 11) is 3.73. The predicted molar refractivity (Wildman–Crippen MR) is 104 cm³/mol. The Morgan fingerprint density at radius 2 is 2.08 bits per heavy atom. The van der Waals surface area contributed by atoms with Crippen LogP contribution in [0, 0.1) is 0 Å². The van der Waals surface area contributed by atoms with Gasteiger partial charge in [-0.2, -0.15) is 0 Å². The van der Waals surface area contributed by atoms with Gasteiger partial charge < -0.3 is 10.2 Å². The molecule has 0 radical (unpaired) electrons. The summed E-state index contributed by atoms with van der Waals surface area (Å²) in [6.07, 6.45) is 1.86. The average molecular weight is 328 g/mol. The Morgan fingerprint density at radius 1 is 1.42 bits per heavy atom. The number of halogens is 1. The molecule has 6 heteroatoms. The van der Waals surface area contributed by atoms with Crippen molar-refractivity contribution in [3.8, 4) is 0 Å². The molecule has 2 unspecified atom stereocenters. The second kappa shape index (κ2) is 6.30. The third-order valence-electron chi connectivity index (χ3n) is 5.01. The molecule has 0 spiro atoms. The first-order chi connectivity index (χ1) is 11.0. The van der Waals surface area contributed by atoms with Gasteiger partial charge in [-0.25, -0.2) is 0 Å². The maximum absolute atomic E-state index is 15.1. The summed E-state index contributed by atoms with van der Waals surface area (Å²) in [5, 5.41) is 3.44. The number of likely N-dealkylation sites (tertiary alicyclic amines) is 1. The molecule has 2 rings (SSSR count). The zero-order chi connectivity index (χ0) is 18.2. The van der Waals surface area contributed by atoms with Crippen LogP contribution in [-0.2, 0) is 10.1 Å². The van der Waals surface area contributed by atoms with Crippen LogP contribution in [0.4, 0.5) is 10.1 Å². The molecule has 24 heavy (non-hydrogen) atoms. The van der Waals surface area contributed by atoms with E-state index in [2.05, 4.69) is 45.7 Å². The molecule has 3 nitrogen and oxygen atoms in total. The highest BCUT2D eigenvalue weighted by Crippen LogP contribution is 2.37. The van der Waals surface area contributed by atoms with Gasteiger partial charge in [-0.1, -0.05) is 32.6 Å². The number of amides is 1. The van der Waals surface area contributed by atoms with Crippen LogP contribution in [0.15, 0.2) is 36.9 Å². The van der Waals surface area contributed by atoms with Gasteiger partial charge in [-0.05, 0) is 42.4 Å². The van der Waals surface area contributed by atoms with Crippen molar-refractivity contribution in [2.24, 2.45) is 0 Å². The van der Waals surface area contributed by atoms with Crippen LogP contribution in [0.3, 0.4) is 0 Å². The molecule has 2 atom stereocenters. The van der Waals surface area contributed by atoms with E-state index in [0.29, 0.717) is 19.5 Å². The number of nitrogens with one attached hydrogen (secondary N) is 1. The Morgan fingerprint density at radius 3 is 2.62 bits per heavy atom. The molecular formula is C18H27B2FN2O. The minimum atomic E-state index is -1.47. The topological polar surface area (TPSA) is 32.3 Å². The quantitative estimate of drug-likeness (QED) is 0.655. The summed E-state index contributed by atoms with van der Waals surface area (Å²) in [6, 6.07) is 8.11. The van der Waals surface area contributed by atoms with Crippen LogP contribution >= 0.6 is 0 Å². The van der Waals surface area contributed by atoms with E-state index in [4.69, 9.17) is 0 Å². The Balaban J connectivity index is 2.32. The highest BCUT2D eigenvalue weighted by atomic mass is 19.1. The third-order valence-corrected chi connectivity index (χ3v) is 5.01. The SMILES string of the molecule is BC(C)(C)c1cccc(NC2(C(B)(C)F)CCN(C(=O)C=C)C2)c1. The maximum atomic E-state index is 15.1. The first kappa shape index (κ1) is 18.6. The lowest BCUT2D eigenvalue weighted by Crippen LogP contribution is -2.57. The summed E-state index contributed by atoms with van der Waals surface area (Å²) in [5.41, 5.74) is -0.194. The van der Waals surface area contributed by atoms with Gasteiger partial charge in [0, 0.05) is 18.8 Å². The maximum Gasteiger partial charge on any atom is 0.246 e. The van der Waals surface area contributed by atoms with Crippen molar-refractivity contribution in [3.63, 3.8) is 0 Å². The van der Waals surface area contributed by atoms with Gasteiger partial charge in [-0.15, -0.1) is 0 Å². The van der Waals surface area contributed by atoms with Gasteiger partial charge >= 0.3 is 0 Å². The summed E-state index contributed by atoms with van der Waals surface area (Å²) in [6.45, 7) is 10.3. The smallest absolute Gasteiger partial charge is 0.246 e. The van der Waals surface area contributed by atoms with Crippen molar-refractivity contribution < 1.29 is 9.18 Å². The molecule has 0 aromatic heterocycles. The van der Waals surface area contributed by atoms with Crippen LogP contribution in [-0.4, -0.2) is 50.7 Å². The Bertz CT molecular complexity index is 637. The number of benzene rings is 1. The van der Waals surface area contributed by atoms with Crippen molar-refractivity contribution in [1.82, 2.24) is 4.90 Å². The Hall–Kier alpha value is -1.71. The standard InChI is InChI=1S/C18H27B2FN2O/c1-5-15(24)23-10-9-18(12-23,17(4,20)21)22-14-8-6-7-13(11-14)16(2,3)19/h5-8,11,22H,1,9-10,12,19-20H2,2-4H3. The van der Waals surface area contributed by atoms with Gasteiger partial charge in [0.1, 0.15) is 7.85 Å². The number of hydrogen-bond acceptors (Lipinski definition) is 2. The van der Waals surface area contributed by atoms with E-state index >= 15 is 4.39 Å². The molecular weight excluding hydrogens is 301 g/mol. The lowest BCUT2D eigenvalue weighted by atomic mass is 9.67. The van der Waals surface area contributed by atoms with Crippen molar-refractivity contribution in [2.75, 3.05) is 18.4 Å². The molecule has 1 heterocycles. The lowest BCUT2D eigenvalue weighted by molar-refractivity contribution is -0.125. The first-order valence-electron chi connectivity index (χ1n) is 8.47. The zero-order valence-corrected chi connectivity index (χ0v) is 15.4. The number of anilines is 1. The molecule has 1 aromatic carbocycles. The fourth-order valence-corrected chi connectivity index (χ4v) is 3.20. The molecule has 1 amide bonds. The van der Waals surface area contributed by atoms with Crippen LogP contribution in [0.2, 0.25) is 0 Å². The van der Waals surface area contributed by atoms with Crippen molar-refractivity contribution in [3.05, 3.63) is 42.5 Å². The monoisotopic (exact) mass is 328 g/mol. The van der Waals surface area contributed by atoms with Crippen LogP contribution in [0.1, 0.15) is 32.8 Å². The van der Waals surface area contributed by atoms with E-state index in [0.717, 1.165) is 5.69 Å². The summed E-state index contributed by atoms with van der Waals surface area (Å²) >= 11 is 0. The van der Waals surface area contributed by atoms with Crippen LogP contribution < -0.4 is 5.32 Å². The Labute approximate surface area is 146 Å². The fraction of sp³-hybridized carbons (Fsp3) is 0.500. The van der Waals surface area contributed by atoms with E-state index in [1.807, 2.05) is 12.1 Å². The molecule has 0 bridgehead atoms. The molecule has 1 fully saturated rings. The number of nitrogens with zero attached hydrogens (tertiary/aromatic N) is 1. The molecule has 128 valence electrons. The second-order valence-corrected chi connectivity index (χ2v) is 8.22. The van der Waals surface area contributed by atoms with E-state index in [9.17, 15) is 4.79 Å². The lowest BCUT2D eigenvalue weighted by Gasteiger charge is -2.40. The minimum Gasteiger partial charge on any atom is -0.375 e. The molecule has 1 saturated heterocycles. The average Bonchev–Trinajstić information content (AvgIpc) is 2.91. The summed E-state index contributed by atoms with van der Waals surface area (Å²) in [5.74, 6) is -0.147. The van der Waals surface area contributed by atoms with Gasteiger partial charge in [0.15, 0.2) is 7.85 Å². The Kier molecular flexibility index (Phi) is 4.89. The largest absolute Gasteiger partial charge is 0.375 e. The normalized spacial score (nSPS) is 23.6. The van der Waals surface area contributed by atoms with Crippen molar-refractivity contribution in [2.45, 2.75) is 43.6 Å². The molecule has 1 aromatic rings. The van der Waals surface area contributed by atoms with Gasteiger partial charge in [0.25, 0.3) is 0 Å². The highest BCUT2D eigenvalue weighted by molar-refractivity contribution is 6.16. The number of alkyl halides is 1. The van der Waals surface area contributed by atoms with Gasteiger partial charge in [0.05, 0.1) is 11.1 Å². The highest BCUT2D eigenvalue weighted by Gasteiger charge is 2.50. The van der Waals surface area contributed by atoms with Gasteiger partial charge in [-0.3, -0.25) is 9.18 Å². The van der Waals surface area contributed by atoms with E-state index in [1.165, 1.54) is 11.6 Å². The molecule has 1 aliphatic rings. The molecule has 0 aliphatic carbocycles. The summed E-state index contributed by atoms with van der Waals surface area (Å²) < 4.78 is 15.1.